The zero-order chi connectivity index (χ0) is 24.6. The van der Waals surface area contributed by atoms with Gasteiger partial charge in [-0.2, -0.15) is 0 Å². The molecule has 0 saturated carbocycles. The number of ether oxygens (including phenoxy) is 2. The predicted molar refractivity (Wildman–Crippen MR) is 138 cm³/mol. The molecule has 6 nitrogen and oxygen atoms in total. The minimum atomic E-state index is 0.0634. The first kappa shape index (κ1) is 23.0. The highest BCUT2D eigenvalue weighted by molar-refractivity contribution is 6.04. The summed E-state index contributed by atoms with van der Waals surface area (Å²) in [5.41, 5.74) is 3.69. The number of amidine groups is 1. The molecule has 1 fully saturated rings. The van der Waals surface area contributed by atoms with Gasteiger partial charge in [-0.05, 0) is 53.4 Å². The summed E-state index contributed by atoms with van der Waals surface area (Å²) in [5.74, 6) is 3.13. The lowest BCUT2D eigenvalue weighted by Gasteiger charge is -2.36. The van der Waals surface area contributed by atoms with Crippen LogP contribution >= 0.6 is 0 Å². The third kappa shape index (κ3) is 4.61. The molecular weight excluding hydrogens is 438 g/mol. The molecule has 3 aromatic rings. The number of methoxy groups -OCH3 is 1. The molecule has 35 heavy (non-hydrogen) atoms. The zero-order valence-corrected chi connectivity index (χ0v) is 20.7. The number of piperazine rings is 1. The molecule has 3 aromatic carbocycles. The molecule has 0 spiro atoms. The quantitative estimate of drug-likeness (QED) is 0.488. The van der Waals surface area contributed by atoms with Crippen LogP contribution in [0.25, 0.3) is 0 Å². The average Bonchev–Trinajstić information content (AvgIpc) is 3.04. The van der Waals surface area contributed by atoms with Gasteiger partial charge in [0.1, 0.15) is 23.0 Å². The molecule has 2 aliphatic heterocycles. The van der Waals surface area contributed by atoms with E-state index in [-0.39, 0.29) is 11.3 Å². The highest BCUT2D eigenvalue weighted by Gasteiger charge is 2.28. The highest BCUT2D eigenvalue weighted by atomic mass is 16.5. The lowest BCUT2D eigenvalue weighted by Crippen LogP contribution is -2.50. The van der Waals surface area contributed by atoms with Crippen molar-refractivity contribution in [2.75, 3.05) is 33.3 Å². The molecule has 0 N–H and O–H groups in total. The predicted octanol–water partition coefficient (Wildman–Crippen LogP) is 5.63. The normalized spacial score (nSPS) is 15.4. The van der Waals surface area contributed by atoms with Crippen molar-refractivity contribution in [2.45, 2.75) is 26.2 Å². The summed E-state index contributed by atoms with van der Waals surface area (Å²) in [5, 5.41) is 0. The number of para-hydroxylation sites is 2. The third-order valence-corrected chi connectivity index (χ3v) is 6.60. The van der Waals surface area contributed by atoms with Gasteiger partial charge in [0.05, 0.1) is 12.7 Å². The summed E-state index contributed by atoms with van der Waals surface area (Å²) >= 11 is 0. The number of hydrogen-bond donors (Lipinski definition) is 0. The average molecular weight is 470 g/mol. The monoisotopic (exact) mass is 469 g/mol. The van der Waals surface area contributed by atoms with Crippen LogP contribution in [-0.4, -0.2) is 54.8 Å². The van der Waals surface area contributed by atoms with Crippen LogP contribution in [-0.2, 0) is 5.41 Å². The minimum absolute atomic E-state index is 0.0634. The van der Waals surface area contributed by atoms with E-state index in [1.807, 2.05) is 59.5 Å². The molecule has 0 aliphatic carbocycles. The number of hydrogen-bond acceptors (Lipinski definition) is 5. The summed E-state index contributed by atoms with van der Waals surface area (Å²) < 4.78 is 11.7. The van der Waals surface area contributed by atoms with Gasteiger partial charge in [0, 0.05) is 31.7 Å². The second-order valence-corrected chi connectivity index (χ2v) is 9.97. The van der Waals surface area contributed by atoms with Crippen molar-refractivity contribution in [3.05, 3.63) is 83.4 Å². The van der Waals surface area contributed by atoms with E-state index in [2.05, 4.69) is 37.8 Å². The fourth-order valence-corrected chi connectivity index (χ4v) is 4.49. The summed E-state index contributed by atoms with van der Waals surface area (Å²) in [4.78, 5) is 22.3. The highest BCUT2D eigenvalue weighted by Crippen LogP contribution is 2.39. The smallest absolute Gasteiger partial charge is 0.253 e. The van der Waals surface area contributed by atoms with E-state index in [9.17, 15) is 4.79 Å². The van der Waals surface area contributed by atoms with E-state index < -0.39 is 0 Å². The van der Waals surface area contributed by atoms with Gasteiger partial charge < -0.3 is 19.3 Å². The first-order chi connectivity index (χ1) is 16.8. The molecule has 0 bridgehead atoms. The number of carbonyl (C=O) groups is 1. The van der Waals surface area contributed by atoms with Crippen LogP contribution in [0.5, 0.6) is 17.2 Å². The van der Waals surface area contributed by atoms with Gasteiger partial charge in [-0.3, -0.25) is 4.79 Å². The molecule has 0 aromatic heterocycles. The van der Waals surface area contributed by atoms with Crippen LogP contribution < -0.4 is 9.47 Å². The summed E-state index contributed by atoms with van der Waals surface area (Å²) in [6.45, 7) is 9.15. The SMILES string of the molecule is COc1ccc2c(c1)C(N1CCN(C(=O)c3ccc(C(C)(C)C)cc3)CC1)=Nc1ccccc1O2. The summed E-state index contributed by atoms with van der Waals surface area (Å²) in [6.07, 6.45) is 0. The first-order valence-electron chi connectivity index (χ1n) is 12.0. The fraction of sp³-hybridized carbons (Fsp3) is 0.310. The van der Waals surface area contributed by atoms with Crippen molar-refractivity contribution < 1.29 is 14.3 Å². The van der Waals surface area contributed by atoms with Crippen molar-refractivity contribution >= 4 is 17.4 Å². The molecule has 1 saturated heterocycles. The van der Waals surface area contributed by atoms with Crippen LogP contribution in [0.4, 0.5) is 5.69 Å². The largest absolute Gasteiger partial charge is 0.497 e. The zero-order valence-electron chi connectivity index (χ0n) is 20.7. The van der Waals surface area contributed by atoms with Crippen molar-refractivity contribution in [2.24, 2.45) is 4.99 Å². The van der Waals surface area contributed by atoms with Crippen molar-refractivity contribution in [3.63, 3.8) is 0 Å². The number of nitrogens with zero attached hydrogens (tertiary/aromatic N) is 3. The van der Waals surface area contributed by atoms with Gasteiger partial charge in [0.15, 0.2) is 5.75 Å². The maximum atomic E-state index is 13.2. The van der Waals surface area contributed by atoms with Crippen LogP contribution in [0.15, 0.2) is 71.7 Å². The van der Waals surface area contributed by atoms with Crippen LogP contribution in [0.1, 0.15) is 42.3 Å². The van der Waals surface area contributed by atoms with Crippen LogP contribution in [0.2, 0.25) is 0 Å². The Hall–Kier alpha value is -3.80. The maximum Gasteiger partial charge on any atom is 0.253 e. The Kier molecular flexibility index (Phi) is 5.97. The number of aliphatic imine (C=N–C) groups is 1. The molecule has 2 heterocycles. The number of carbonyl (C=O) groups excluding carboxylic acids is 1. The molecule has 2 aliphatic rings. The summed E-state index contributed by atoms with van der Waals surface area (Å²) in [6, 6.07) is 21.6. The molecule has 6 heteroatoms. The van der Waals surface area contributed by atoms with Gasteiger partial charge in [-0.15, -0.1) is 0 Å². The lowest BCUT2D eigenvalue weighted by atomic mass is 9.86. The van der Waals surface area contributed by atoms with E-state index >= 15 is 0 Å². The van der Waals surface area contributed by atoms with Gasteiger partial charge in [0.25, 0.3) is 5.91 Å². The Labute approximate surface area is 206 Å². The maximum absolute atomic E-state index is 13.2. The van der Waals surface area contributed by atoms with E-state index in [1.54, 1.807) is 7.11 Å². The Morgan fingerprint density at radius 1 is 0.914 bits per heavy atom. The Balaban J connectivity index is 1.37. The van der Waals surface area contributed by atoms with Crippen molar-refractivity contribution in [1.29, 1.82) is 0 Å². The Morgan fingerprint density at radius 3 is 2.31 bits per heavy atom. The van der Waals surface area contributed by atoms with E-state index in [1.165, 1.54) is 5.56 Å². The molecule has 0 radical (unpaired) electrons. The lowest BCUT2D eigenvalue weighted by molar-refractivity contribution is 0.0692. The van der Waals surface area contributed by atoms with Gasteiger partial charge in [0.2, 0.25) is 0 Å². The van der Waals surface area contributed by atoms with Crippen molar-refractivity contribution in [1.82, 2.24) is 9.80 Å². The molecular formula is C29H31N3O3. The topological polar surface area (TPSA) is 54.4 Å². The number of rotatable bonds is 2. The van der Waals surface area contributed by atoms with Crippen molar-refractivity contribution in [3.8, 4) is 17.2 Å². The first-order valence-corrected chi connectivity index (χ1v) is 12.0. The molecule has 1 amide bonds. The summed E-state index contributed by atoms with van der Waals surface area (Å²) in [7, 11) is 1.66. The second kappa shape index (κ2) is 9.10. The molecule has 5 rings (SSSR count). The third-order valence-electron chi connectivity index (χ3n) is 6.60. The Morgan fingerprint density at radius 2 is 1.63 bits per heavy atom. The van der Waals surface area contributed by atoms with Gasteiger partial charge in [-0.1, -0.05) is 45.0 Å². The standard InChI is InChI=1S/C29H31N3O3/c1-29(2,3)21-11-9-20(10-12-21)28(33)32-17-15-31(16-18-32)27-23-19-22(34-4)13-14-25(23)35-26-8-6-5-7-24(26)30-27/h5-14,19H,15-18H2,1-4H3. The number of benzene rings is 3. The fourth-order valence-electron chi connectivity index (χ4n) is 4.49. The number of fused-ring (bicyclic) bond motifs is 2. The number of amides is 1. The molecule has 0 atom stereocenters. The Bertz CT molecular complexity index is 1270. The van der Waals surface area contributed by atoms with Crippen LogP contribution in [0, 0.1) is 0 Å². The van der Waals surface area contributed by atoms with Crippen LogP contribution in [0.3, 0.4) is 0 Å². The van der Waals surface area contributed by atoms with Gasteiger partial charge in [-0.25, -0.2) is 4.99 Å². The molecule has 0 unspecified atom stereocenters. The van der Waals surface area contributed by atoms with Gasteiger partial charge >= 0.3 is 0 Å². The van der Waals surface area contributed by atoms with E-state index in [0.29, 0.717) is 26.2 Å². The second-order valence-electron chi connectivity index (χ2n) is 9.97. The van der Waals surface area contributed by atoms with E-state index in [0.717, 1.165) is 39.9 Å². The van der Waals surface area contributed by atoms with E-state index in [4.69, 9.17) is 14.5 Å². The minimum Gasteiger partial charge on any atom is -0.497 e. The molecule has 180 valence electrons.